The molecule has 1 N–H and O–H groups in total. The molecule has 1 heterocycles. The van der Waals surface area contributed by atoms with Crippen LogP contribution in [0.3, 0.4) is 0 Å². The Kier molecular flexibility index (Phi) is 7.66. The van der Waals surface area contributed by atoms with Crippen LogP contribution in [0.25, 0.3) is 10.9 Å². The highest BCUT2D eigenvalue weighted by Crippen LogP contribution is 2.19. The van der Waals surface area contributed by atoms with E-state index in [4.69, 9.17) is 0 Å². The van der Waals surface area contributed by atoms with E-state index in [9.17, 15) is 9.59 Å². The highest BCUT2D eigenvalue weighted by molar-refractivity contribution is 5.85. The van der Waals surface area contributed by atoms with Gasteiger partial charge in [-0.3, -0.25) is 9.59 Å². The monoisotopic (exact) mass is 405 g/mol. The summed E-state index contributed by atoms with van der Waals surface area (Å²) in [4.78, 5) is 32.3. The topological polar surface area (TPSA) is 56.4 Å². The molecule has 3 aromatic rings. The van der Waals surface area contributed by atoms with Gasteiger partial charge in [-0.2, -0.15) is 0 Å². The lowest BCUT2D eigenvalue weighted by Crippen LogP contribution is -2.43. The summed E-state index contributed by atoms with van der Waals surface area (Å²) in [6.07, 6.45) is 4.05. The van der Waals surface area contributed by atoms with Crippen LogP contribution < -0.4 is 0 Å². The van der Waals surface area contributed by atoms with E-state index in [-0.39, 0.29) is 18.4 Å². The predicted molar refractivity (Wildman–Crippen MR) is 121 cm³/mol. The van der Waals surface area contributed by atoms with Gasteiger partial charge in [0.25, 0.3) is 0 Å². The summed E-state index contributed by atoms with van der Waals surface area (Å²) >= 11 is 0. The highest BCUT2D eigenvalue weighted by Gasteiger charge is 2.20. The van der Waals surface area contributed by atoms with Gasteiger partial charge in [0.2, 0.25) is 11.8 Å². The molecule has 5 nitrogen and oxygen atoms in total. The van der Waals surface area contributed by atoms with Crippen molar-refractivity contribution >= 4 is 22.7 Å². The zero-order valence-corrected chi connectivity index (χ0v) is 17.9. The highest BCUT2D eigenvalue weighted by atomic mass is 16.2. The van der Waals surface area contributed by atoms with Crippen LogP contribution in [0.2, 0.25) is 0 Å². The molecule has 0 radical (unpaired) electrons. The fraction of sp³-hybridized carbons (Fsp3) is 0.360. The maximum Gasteiger partial charge on any atom is 0.242 e. The third kappa shape index (κ3) is 5.50. The number of para-hydroxylation sites is 1. The van der Waals surface area contributed by atoms with Crippen LogP contribution in [0.15, 0.2) is 60.8 Å². The maximum atomic E-state index is 13.2. The number of aromatic nitrogens is 1. The molecule has 0 aliphatic heterocycles. The Hall–Kier alpha value is -3.08. The lowest BCUT2D eigenvalue weighted by atomic mass is 10.1. The van der Waals surface area contributed by atoms with Crippen molar-refractivity contribution < 1.29 is 9.59 Å². The number of hydrogen-bond donors (Lipinski definition) is 1. The van der Waals surface area contributed by atoms with Gasteiger partial charge in [-0.25, -0.2) is 0 Å². The van der Waals surface area contributed by atoms with Crippen molar-refractivity contribution in [3.63, 3.8) is 0 Å². The first-order valence-electron chi connectivity index (χ1n) is 10.8. The first-order chi connectivity index (χ1) is 14.6. The normalized spacial score (nSPS) is 10.9. The van der Waals surface area contributed by atoms with E-state index in [1.165, 1.54) is 10.9 Å². The number of rotatable bonds is 10. The molecule has 0 bridgehead atoms. The third-order valence-corrected chi connectivity index (χ3v) is 5.37. The molecule has 0 aliphatic rings. The van der Waals surface area contributed by atoms with Crippen LogP contribution in [0.1, 0.15) is 37.8 Å². The Morgan fingerprint density at radius 1 is 0.867 bits per heavy atom. The van der Waals surface area contributed by atoms with Gasteiger partial charge in [-0.15, -0.1) is 0 Å². The van der Waals surface area contributed by atoms with Gasteiger partial charge in [-0.1, -0.05) is 62.4 Å². The van der Waals surface area contributed by atoms with E-state index in [0.29, 0.717) is 26.1 Å². The second-order valence-corrected chi connectivity index (χ2v) is 7.58. The Bertz CT molecular complexity index is 965. The van der Waals surface area contributed by atoms with Crippen molar-refractivity contribution in [3.05, 3.63) is 71.9 Å². The number of nitrogens with zero attached hydrogens (tertiary/aromatic N) is 2. The minimum atomic E-state index is -0.00561. The quantitative estimate of drug-likeness (QED) is 0.544. The minimum absolute atomic E-state index is 0.00561. The van der Waals surface area contributed by atoms with Gasteiger partial charge in [0.15, 0.2) is 0 Å². The van der Waals surface area contributed by atoms with Crippen LogP contribution >= 0.6 is 0 Å². The summed E-state index contributed by atoms with van der Waals surface area (Å²) in [6.45, 7) is 5.77. The first-order valence-corrected chi connectivity index (χ1v) is 10.8. The van der Waals surface area contributed by atoms with E-state index < -0.39 is 0 Å². The van der Waals surface area contributed by atoms with Crippen molar-refractivity contribution in [1.29, 1.82) is 0 Å². The molecule has 2 aromatic carbocycles. The molecule has 5 heteroatoms. The molecular formula is C25H31N3O2. The summed E-state index contributed by atoms with van der Waals surface area (Å²) in [7, 11) is 0. The SMILES string of the molecule is CCCN(CC(=O)N(CCc1c[nH]c2ccccc12)Cc1ccccc1)C(=O)CC. The summed E-state index contributed by atoms with van der Waals surface area (Å²) in [5, 5.41) is 1.19. The molecule has 30 heavy (non-hydrogen) atoms. The van der Waals surface area contributed by atoms with Crippen LogP contribution in [0.4, 0.5) is 0 Å². The molecule has 3 rings (SSSR count). The number of hydrogen-bond acceptors (Lipinski definition) is 2. The lowest BCUT2D eigenvalue weighted by Gasteiger charge is -2.27. The largest absolute Gasteiger partial charge is 0.361 e. The number of carbonyl (C=O) groups excluding carboxylic acids is 2. The molecule has 0 aliphatic carbocycles. The van der Waals surface area contributed by atoms with Gasteiger partial charge < -0.3 is 14.8 Å². The van der Waals surface area contributed by atoms with Crippen molar-refractivity contribution in [3.8, 4) is 0 Å². The predicted octanol–water partition coefficient (Wildman–Crippen LogP) is 4.39. The van der Waals surface area contributed by atoms with Crippen molar-refractivity contribution in [2.45, 2.75) is 39.7 Å². The number of aromatic amines is 1. The number of benzene rings is 2. The second kappa shape index (κ2) is 10.6. The Morgan fingerprint density at radius 3 is 2.33 bits per heavy atom. The van der Waals surface area contributed by atoms with Crippen LogP contribution in [0.5, 0.6) is 0 Å². The third-order valence-electron chi connectivity index (χ3n) is 5.37. The van der Waals surface area contributed by atoms with E-state index in [0.717, 1.165) is 23.9 Å². The van der Waals surface area contributed by atoms with Gasteiger partial charge in [0.1, 0.15) is 0 Å². The zero-order valence-electron chi connectivity index (χ0n) is 17.9. The van der Waals surface area contributed by atoms with Crippen LogP contribution in [-0.4, -0.2) is 46.2 Å². The van der Waals surface area contributed by atoms with Crippen molar-refractivity contribution in [2.24, 2.45) is 0 Å². The Balaban J connectivity index is 1.75. The molecule has 0 atom stereocenters. The molecule has 0 saturated carbocycles. The summed E-state index contributed by atoms with van der Waals surface area (Å²) in [6, 6.07) is 18.2. The summed E-state index contributed by atoms with van der Waals surface area (Å²) < 4.78 is 0. The van der Waals surface area contributed by atoms with Gasteiger partial charge in [0.05, 0.1) is 6.54 Å². The molecule has 0 unspecified atom stereocenters. The fourth-order valence-electron chi connectivity index (χ4n) is 3.74. The number of amides is 2. The standard InChI is InChI=1S/C25H31N3O2/c1-3-15-27(24(29)4-2)19-25(30)28(18-20-10-6-5-7-11-20)16-14-21-17-26-23-13-9-8-12-22(21)23/h5-13,17,26H,3-4,14-16,18-19H2,1-2H3. The average Bonchev–Trinajstić information content (AvgIpc) is 3.19. The fourth-order valence-corrected chi connectivity index (χ4v) is 3.74. The smallest absolute Gasteiger partial charge is 0.242 e. The first kappa shape index (κ1) is 21.6. The van der Waals surface area contributed by atoms with E-state index in [1.54, 1.807) is 4.90 Å². The Morgan fingerprint density at radius 2 is 1.60 bits per heavy atom. The van der Waals surface area contributed by atoms with Crippen LogP contribution in [-0.2, 0) is 22.6 Å². The number of nitrogens with one attached hydrogen (secondary N) is 1. The molecular weight excluding hydrogens is 374 g/mol. The Labute approximate surface area is 178 Å². The van der Waals surface area contributed by atoms with Gasteiger partial charge in [-0.05, 0) is 30.0 Å². The molecule has 1 aromatic heterocycles. The van der Waals surface area contributed by atoms with Crippen molar-refractivity contribution in [1.82, 2.24) is 14.8 Å². The number of H-pyrrole nitrogens is 1. The number of fused-ring (bicyclic) bond motifs is 1. The van der Waals surface area contributed by atoms with E-state index in [1.807, 2.05) is 67.4 Å². The molecule has 2 amide bonds. The van der Waals surface area contributed by atoms with E-state index >= 15 is 0 Å². The summed E-state index contributed by atoms with van der Waals surface area (Å²) in [5.74, 6) is 0.0236. The number of carbonyl (C=O) groups is 2. The minimum Gasteiger partial charge on any atom is -0.361 e. The molecule has 0 saturated heterocycles. The second-order valence-electron chi connectivity index (χ2n) is 7.58. The van der Waals surface area contributed by atoms with Gasteiger partial charge in [0, 0.05) is 43.2 Å². The van der Waals surface area contributed by atoms with Gasteiger partial charge >= 0.3 is 0 Å². The van der Waals surface area contributed by atoms with Crippen molar-refractivity contribution in [2.75, 3.05) is 19.6 Å². The molecule has 0 fully saturated rings. The van der Waals surface area contributed by atoms with E-state index in [2.05, 4.69) is 17.1 Å². The zero-order chi connectivity index (χ0) is 21.3. The molecule has 158 valence electrons. The lowest BCUT2D eigenvalue weighted by molar-refractivity contribution is -0.140. The maximum absolute atomic E-state index is 13.2. The molecule has 0 spiro atoms. The van der Waals surface area contributed by atoms with Crippen LogP contribution in [0, 0.1) is 0 Å². The summed E-state index contributed by atoms with van der Waals surface area (Å²) in [5.41, 5.74) is 3.40. The average molecular weight is 406 g/mol.